The molecule has 0 bridgehead atoms. The number of rotatable bonds is 5. The molecule has 0 spiro atoms. The molecule has 0 aliphatic rings. The average Bonchev–Trinajstić information content (AvgIpc) is 2.72. The second kappa shape index (κ2) is 7.90. The number of aryl methyl sites for hydroxylation is 1. The van der Waals surface area contributed by atoms with E-state index in [4.69, 9.17) is 9.72 Å². The van der Waals surface area contributed by atoms with Crippen LogP contribution in [0.25, 0.3) is 16.6 Å². The summed E-state index contributed by atoms with van der Waals surface area (Å²) < 4.78 is 7.16. The van der Waals surface area contributed by atoms with E-state index in [1.54, 1.807) is 23.4 Å². The van der Waals surface area contributed by atoms with Crippen LogP contribution < -0.4 is 10.3 Å². The Labute approximate surface area is 167 Å². The number of hydrogen-bond donors (Lipinski definition) is 0. The SMILES string of the molecule is COc1ccccc1-n1c(SCc2cccc(C)c2)nc2ccccc2c1=O. The minimum absolute atomic E-state index is 0.0955. The van der Waals surface area contributed by atoms with Crippen LogP contribution >= 0.6 is 11.8 Å². The number of thioether (sulfide) groups is 1. The Bertz CT molecular complexity index is 1200. The highest BCUT2D eigenvalue weighted by Crippen LogP contribution is 2.28. The maximum Gasteiger partial charge on any atom is 0.266 e. The lowest BCUT2D eigenvalue weighted by molar-refractivity contribution is 0.411. The van der Waals surface area contributed by atoms with E-state index in [1.807, 2.05) is 54.6 Å². The summed E-state index contributed by atoms with van der Waals surface area (Å²) in [5, 5.41) is 1.24. The van der Waals surface area contributed by atoms with Gasteiger partial charge in [0.25, 0.3) is 5.56 Å². The first-order valence-corrected chi connectivity index (χ1v) is 9.99. The molecule has 4 nitrogen and oxygen atoms in total. The van der Waals surface area contributed by atoms with Crippen LogP contribution in [-0.4, -0.2) is 16.7 Å². The van der Waals surface area contributed by atoms with Gasteiger partial charge in [0.2, 0.25) is 0 Å². The fourth-order valence-corrected chi connectivity index (χ4v) is 4.13. The zero-order valence-corrected chi connectivity index (χ0v) is 16.6. The average molecular weight is 388 g/mol. The summed E-state index contributed by atoms with van der Waals surface area (Å²) >= 11 is 1.55. The third kappa shape index (κ3) is 3.53. The van der Waals surface area contributed by atoms with Crippen LogP contribution in [0.4, 0.5) is 0 Å². The van der Waals surface area contributed by atoms with E-state index in [2.05, 4.69) is 25.1 Å². The first kappa shape index (κ1) is 18.3. The van der Waals surface area contributed by atoms with Crippen molar-refractivity contribution in [2.75, 3.05) is 7.11 Å². The Hall–Kier alpha value is -3.05. The van der Waals surface area contributed by atoms with Crippen LogP contribution in [0.5, 0.6) is 5.75 Å². The molecule has 4 aromatic rings. The number of benzene rings is 3. The van der Waals surface area contributed by atoms with E-state index in [1.165, 1.54) is 11.1 Å². The number of methoxy groups -OCH3 is 1. The van der Waals surface area contributed by atoms with Gasteiger partial charge in [-0.15, -0.1) is 0 Å². The predicted octanol–water partition coefficient (Wildman–Crippen LogP) is 5.00. The van der Waals surface area contributed by atoms with Gasteiger partial charge in [-0.1, -0.05) is 65.9 Å². The Balaban J connectivity index is 1.87. The highest BCUT2D eigenvalue weighted by Gasteiger charge is 2.16. The van der Waals surface area contributed by atoms with Crippen molar-refractivity contribution in [3.8, 4) is 11.4 Å². The highest BCUT2D eigenvalue weighted by atomic mass is 32.2. The standard InChI is InChI=1S/C23H20N2O2S/c1-16-8-7-9-17(14-16)15-28-23-24-19-11-4-3-10-18(19)22(26)25(23)20-12-5-6-13-21(20)27-2/h3-14H,15H2,1-2H3. The first-order valence-electron chi connectivity index (χ1n) is 9.01. The van der Waals surface area contributed by atoms with E-state index in [0.29, 0.717) is 27.5 Å². The van der Waals surface area contributed by atoms with Crippen LogP contribution in [0.3, 0.4) is 0 Å². The molecule has 1 aromatic heterocycles. The molecule has 0 saturated heterocycles. The minimum Gasteiger partial charge on any atom is -0.495 e. The van der Waals surface area contributed by atoms with Crippen molar-refractivity contribution in [2.45, 2.75) is 17.8 Å². The zero-order chi connectivity index (χ0) is 19.5. The lowest BCUT2D eigenvalue weighted by Crippen LogP contribution is -2.22. The fraction of sp³-hybridized carbons (Fsp3) is 0.130. The first-order chi connectivity index (χ1) is 13.7. The van der Waals surface area contributed by atoms with Crippen LogP contribution in [0, 0.1) is 6.92 Å². The van der Waals surface area contributed by atoms with Crippen molar-refractivity contribution in [1.82, 2.24) is 9.55 Å². The van der Waals surface area contributed by atoms with Crippen LogP contribution in [0.2, 0.25) is 0 Å². The molecule has 0 saturated carbocycles. The maximum absolute atomic E-state index is 13.3. The van der Waals surface area contributed by atoms with Gasteiger partial charge in [0.1, 0.15) is 5.75 Å². The topological polar surface area (TPSA) is 44.1 Å². The Morgan fingerprint density at radius 3 is 2.61 bits per heavy atom. The summed E-state index contributed by atoms with van der Waals surface area (Å²) in [4.78, 5) is 18.1. The van der Waals surface area contributed by atoms with Gasteiger partial charge in [-0.05, 0) is 36.8 Å². The van der Waals surface area contributed by atoms with Gasteiger partial charge < -0.3 is 4.74 Å². The molecule has 3 aromatic carbocycles. The largest absolute Gasteiger partial charge is 0.495 e. The zero-order valence-electron chi connectivity index (χ0n) is 15.8. The summed E-state index contributed by atoms with van der Waals surface area (Å²) in [7, 11) is 1.61. The molecule has 0 unspecified atom stereocenters. The second-order valence-electron chi connectivity index (χ2n) is 6.50. The van der Waals surface area contributed by atoms with Gasteiger partial charge in [0.05, 0.1) is 23.7 Å². The van der Waals surface area contributed by atoms with Crippen LogP contribution in [0.1, 0.15) is 11.1 Å². The molecular formula is C23H20N2O2S. The van der Waals surface area contributed by atoms with Gasteiger partial charge >= 0.3 is 0 Å². The number of fused-ring (bicyclic) bond motifs is 1. The van der Waals surface area contributed by atoms with Crippen molar-refractivity contribution in [1.29, 1.82) is 0 Å². The fourth-order valence-electron chi connectivity index (χ4n) is 3.19. The Kier molecular flexibility index (Phi) is 5.17. The number of ether oxygens (including phenoxy) is 1. The van der Waals surface area contributed by atoms with Gasteiger partial charge in [-0.25, -0.2) is 4.98 Å². The number of aromatic nitrogens is 2. The van der Waals surface area contributed by atoms with Crippen molar-refractivity contribution in [2.24, 2.45) is 0 Å². The minimum atomic E-state index is -0.0955. The molecular weight excluding hydrogens is 368 g/mol. The van der Waals surface area contributed by atoms with E-state index in [0.717, 1.165) is 5.75 Å². The second-order valence-corrected chi connectivity index (χ2v) is 7.44. The molecule has 28 heavy (non-hydrogen) atoms. The van der Waals surface area contributed by atoms with Gasteiger partial charge in [0, 0.05) is 5.75 Å². The van der Waals surface area contributed by atoms with Crippen molar-refractivity contribution < 1.29 is 4.74 Å². The summed E-state index contributed by atoms with van der Waals surface area (Å²) in [6.07, 6.45) is 0. The van der Waals surface area contributed by atoms with Crippen LogP contribution in [-0.2, 0) is 5.75 Å². The van der Waals surface area contributed by atoms with E-state index >= 15 is 0 Å². The lowest BCUT2D eigenvalue weighted by Gasteiger charge is -2.15. The van der Waals surface area contributed by atoms with E-state index < -0.39 is 0 Å². The molecule has 5 heteroatoms. The van der Waals surface area contributed by atoms with Gasteiger partial charge in [-0.3, -0.25) is 9.36 Å². The summed E-state index contributed by atoms with van der Waals surface area (Å²) in [6, 6.07) is 23.3. The summed E-state index contributed by atoms with van der Waals surface area (Å²) in [5.41, 5.74) is 3.71. The molecule has 1 heterocycles. The Morgan fingerprint density at radius 1 is 1.00 bits per heavy atom. The summed E-state index contributed by atoms with van der Waals surface area (Å²) in [5.74, 6) is 1.36. The number of para-hydroxylation sites is 3. The normalized spacial score (nSPS) is 10.9. The highest BCUT2D eigenvalue weighted by molar-refractivity contribution is 7.98. The monoisotopic (exact) mass is 388 g/mol. The Morgan fingerprint density at radius 2 is 1.79 bits per heavy atom. The molecule has 0 fully saturated rings. The molecule has 4 rings (SSSR count). The predicted molar refractivity (Wildman–Crippen MR) is 115 cm³/mol. The smallest absolute Gasteiger partial charge is 0.266 e. The molecule has 0 atom stereocenters. The molecule has 0 aliphatic carbocycles. The molecule has 0 N–H and O–H groups in total. The van der Waals surface area contributed by atoms with Crippen molar-refractivity contribution >= 4 is 22.7 Å². The maximum atomic E-state index is 13.3. The molecule has 0 radical (unpaired) electrons. The third-order valence-electron chi connectivity index (χ3n) is 4.52. The number of hydrogen-bond acceptors (Lipinski definition) is 4. The quantitative estimate of drug-likeness (QED) is 0.357. The molecule has 0 amide bonds. The van der Waals surface area contributed by atoms with E-state index in [9.17, 15) is 4.79 Å². The van der Waals surface area contributed by atoms with Crippen LogP contribution in [0.15, 0.2) is 82.7 Å². The molecule has 0 aliphatic heterocycles. The van der Waals surface area contributed by atoms with Gasteiger partial charge in [0.15, 0.2) is 5.16 Å². The van der Waals surface area contributed by atoms with E-state index in [-0.39, 0.29) is 5.56 Å². The lowest BCUT2D eigenvalue weighted by atomic mass is 10.2. The molecule has 140 valence electrons. The third-order valence-corrected chi connectivity index (χ3v) is 5.53. The summed E-state index contributed by atoms with van der Waals surface area (Å²) in [6.45, 7) is 2.08. The van der Waals surface area contributed by atoms with Crippen molar-refractivity contribution in [3.05, 3.63) is 94.3 Å². The van der Waals surface area contributed by atoms with Gasteiger partial charge in [-0.2, -0.15) is 0 Å². The van der Waals surface area contributed by atoms with Crippen molar-refractivity contribution in [3.63, 3.8) is 0 Å². The number of nitrogens with zero attached hydrogens (tertiary/aromatic N) is 2.